The standard InChI is InChI=1S/C17H23F3N6/c1-26(2)11-3-7-23-16-24-14(17(18,19)20)12-15(25-16)22-10-6-13-4-8-21-9-5-13/h4-5,8-9,12H,3,6-7,10-11H2,1-2H3,(H2,22,23,24,25). The van der Waals surface area contributed by atoms with E-state index in [4.69, 9.17) is 0 Å². The highest BCUT2D eigenvalue weighted by Gasteiger charge is 2.33. The third-order valence-electron chi connectivity index (χ3n) is 3.55. The second-order valence-corrected chi connectivity index (χ2v) is 6.08. The Bertz CT molecular complexity index is 676. The molecule has 0 aliphatic carbocycles. The summed E-state index contributed by atoms with van der Waals surface area (Å²) in [5, 5.41) is 5.80. The maximum absolute atomic E-state index is 13.1. The van der Waals surface area contributed by atoms with Gasteiger partial charge >= 0.3 is 6.18 Å². The molecule has 0 spiro atoms. The van der Waals surface area contributed by atoms with E-state index in [1.807, 2.05) is 31.1 Å². The lowest BCUT2D eigenvalue weighted by atomic mass is 10.2. The number of alkyl halides is 3. The molecule has 0 amide bonds. The first-order chi connectivity index (χ1) is 12.3. The predicted molar refractivity (Wildman–Crippen MR) is 95.1 cm³/mol. The van der Waals surface area contributed by atoms with Crippen LogP contribution in [0.3, 0.4) is 0 Å². The van der Waals surface area contributed by atoms with Gasteiger partial charge in [0.25, 0.3) is 0 Å². The smallest absolute Gasteiger partial charge is 0.370 e. The molecule has 26 heavy (non-hydrogen) atoms. The second-order valence-electron chi connectivity index (χ2n) is 6.08. The number of hydrogen-bond donors (Lipinski definition) is 2. The van der Waals surface area contributed by atoms with Crippen LogP contribution in [0.2, 0.25) is 0 Å². The lowest BCUT2D eigenvalue weighted by molar-refractivity contribution is -0.141. The van der Waals surface area contributed by atoms with Gasteiger partial charge in [0, 0.05) is 31.5 Å². The molecule has 0 bridgehead atoms. The van der Waals surface area contributed by atoms with Crippen LogP contribution >= 0.6 is 0 Å². The molecular weight excluding hydrogens is 345 g/mol. The Hall–Kier alpha value is -2.42. The lowest BCUT2D eigenvalue weighted by Gasteiger charge is -2.13. The van der Waals surface area contributed by atoms with Crippen molar-refractivity contribution in [2.24, 2.45) is 0 Å². The molecule has 0 saturated carbocycles. The number of aromatic nitrogens is 3. The van der Waals surface area contributed by atoms with Crippen molar-refractivity contribution in [2.75, 3.05) is 44.4 Å². The fourth-order valence-corrected chi connectivity index (χ4v) is 2.24. The highest BCUT2D eigenvalue weighted by atomic mass is 19.4. The van der Waals surface area contributed by atoms with Gasteiger partial charge < -0.3 is 15.5 Å². The Morgan fingerprint density at radius 3 is 2.42 bits per heavy atom. The Labute approximate surface area is 150 Å². The summed E-state index contributed by atoms with van der Waals surface area (Å²) >= 11 is 0. The van der Waals surface area contributed by atoms with Crippen molar-refractivity contribution in [1.29, 1.82) is 0 Å². The molecule has 6 nitrogen and oxygen atoms in total. The van der Waals surface area contributed by atoms with Crippen molar-refractivity contribution in [2.45, 2.75) is 19.0 Å². The van der Waals surface area contributed by atoms with Crippen molar-refractivity contribution >= 4 is 11.8 Å². The van der Waals surface area contributed by atoms with Gasteiger partial charge in [-0.05, 0) is 51.2 Å². The van der Waals surface area contributed by atoms with Gasteiger partial charge in [-0.25, -0.2) is 4.98 Å². The number of rotatable bonds is 9. The molecule has 0 aromatic carbocycles. The van der Waals surface area contributed by atoms with Crippen LogP contribution in [0.15, 0.2) is 30.6 Å². The average Bonchev–Trinajstić information content (AvgIpc) is 2.59. The Kier molecular flexibility index (Phi) is 7.14. The van der Waals surface area contributed by atoms with E-state index in [-0.39, 0.29) is 11.8 Å². The molecule has 9 heteroatoms. The van der Waals surface area contributed by atoms with Gasteiger partial charge in [-0.15, -0.1) is 0 Å². The molecule has 2 aromatic rings. The fourth-order valence-electron chi connectivity index (χ4n) is 2.24. The first kappa shape index (κ1) is 19.9. The van der Waals surface area contributed by atoms with Gasteiger partial charge in [0.15, 0.2) is 5.69 Å². The van der Waals surface area contributed by atoms with E-state index in [0.29, 0.717) is 19.5 Å². The normalized spacial score (nSPS) is 11.6. The molecular formula is C17H23F3N6. The quantitative estimate of drug-likeness (QED) is 0.664. The Morgan fingerprint density at radius 2 is 1.77 bits per heavy atom. The van der Waals surface area contributed by atoms with Crippen molar-refractivity contribution in [3.05, 3.63) is 41.9 Å². The predicted octanol–water partition coefficient (Wildman–Crippen LogP) is 2.91. The molecule has 0 saturated heterocycles. The number of nitrogens with one attached hydrogen (secondary N) is 2. The molecule has 0 aliphatic heterocycles. The maximum atomic E-state index is 13.1. The fraction of sp³-hybridized carbons (Fsp3) is 0.471. The molecule has 2 rings (SSSR count). The van der Waals surface area contributed by atoms with E-state index in [9.17, 15) is 13.2 Å². The summed E-state index contributed by atoms with van der Waals surface area (Å²) in [6, 6.07) is 4.65. The number of halogens is 3. The maximum Gasteiger partial charge on any atom is 0.433 e. The van der Waals surface area contributed by atoms with E-state index < -0.39 is 11.9 Å². The largest absolute Gasteiger partial charge is 0.433 e. The molecule has 0 aliphatic rings. The topological polar surface area (TPSA) is 66.0 Å². The minimum Gasteiger partial charge on any atom is -0.370 e. The number of nitrogens with zero attached hydrogens (tertiary/aromatic N) is 4. The molecule has 0 unspecified atom stereocenters. The van der Waals surface area contributed by atoms with Crippen molar-refractivity contribution in [3.8, 4) is 0 Å². The zero-order valence-corrected chi connectivity index (χ0v) is 14.8. The van der Waals surface area contributed by atoms with Crippen molar-refractivity contribution < 1.29 is 13.2 Å². The van der Waals surface area contributed by atoms with Gasteiger partial charge in [0.2, 0.25) is 5.95 Å². The summed E-state index contributed by atoms with van der Waals surface area (Å²) in [4.78, 5) is 13.6. The minimum atomic E-state index is -4.52. The van der Waals surface area contributed by atoms with Gasteiger partial charge in [-0.1, -0.05) is 0 Å². The van der Waals surface area contributed by atoms with Gasteiger partial charge in [-0.2, -0.15) is 18.2 Å². The summed E-state index contributed by atoms with van der Waals surface area (Å²) in [6.07, 6.45) is 0.260. The first-order valence-electron chi connectivity index (χ1n) is 8.32. The van der Waals surface area contributed by atoms with E-state index in [1.54, 1.807) is 12.4 Å². The second kappa shape index (κ2) is 9.33. The summed E-state index contributed by atoms with van der Waals surface area (Å²) in [6.45, 7) is 1.78. The van der Waals surface area contributed by atoms with E-state index in [0.717, 1.165) is 24.6 Å². The zero-order valence-electron chi connectivity index (χ0n) is 14.8. The number of pyridine rings is 1. The van der Waals surface area contributed by atoms with Crippen LogP contribution in [0.25, 0.3) is 0 Å². The first-order valence-corrected chi connectivity index (χ1v) is 8.32. The molecule has 0 radical (unpaired) electrons. The van der Waals surface area contributed by atoms with Gasteiger partial charge in [0.1, 0.15) is 5.82 Å². The van der Waals surface area contributed by atoms with Crippen LogP contribution in [-0.4, -0.2) is 53.6 Å². The lowest BCUT2D eigenvalue weighted by Crippen LogP contribution is -2.18. The van der Waals surface area contributed by atoms with Gasteiger partial charge in [-0.3, -0.25) is 4.98 Å². The molecule has 2 aromatic heterocycles. The summed E-state index contributed by atoms with van der Waals surface area (Å²) in [5.74, 6) is 0.126. The monoisotopic (exact) mass is 368 g/mol. The minimum absolute atomic E-state index is 0.0232. The third kappa shape index (κ3) is 6.83. The molecule has 0 fully saturated rings. The van der Waals surface area contributed by atoms with E-state index in [1.165, 1.54) is 0 Å². The summed E-state index contributed by atoms with van der Waals surface area (Å²) < 4.78 is 39.2. The molecule has 0 atom stereocenters. The van der Waals surface area contributed by atoms with Crippen LogP contribution in [0.4, 0.5) is 24.9 Å². The molecule has 142 valence electrons. The van der Waals surface area contributed by atoms with Crippen LogP contribution in [0.1, 0.15) is 17.7 Å². The third-order valence-corrected chi connectivity index (χ3v) is 3.55. The van der Waals surface area contributed by atoms with Crippen LogP contribution in [0.5, 0.6) is 0 Å². The number of hydrogen-bond acceptors (Lipinski definition) is 6. The van der Waals surface area contributed by atoms with Crippen LogP contribution in [0, 0.1) is 0 Å². The molecule has 2 N–H and O–H groups in total. The SMILES string of the molecule is CN(C)CCCNc1nc(NCCc2ccncc2)cc(C(F)(F)F)n1. The highest BCUT2D eigenvalue weighted by Crippen LogP contribution is 2.29. The summed E-state index contributed by atoms with van der Waals surface area (Å²) in [7, 11) is 3.87. The Balaban J connectivity index is 2.00. The van der Waals surface area contributed by atoms with Crippen LogP contribution < -0.4 is 10.6 Å². The zero-order chi connectivity index (χ0) is 19.0. The highest BCUT2D eigenvalue weighted by molar-refractivity contribution is 5.43. The van der Waals surface area contributed by atoms with E-state index in [2.05, 4.69) is 25.6 Å². The van der Waals surface area contributed by atoms with Crippen molar-refractivity contribution in [1.82, 2.24) is 19.9 Å². The molecule has 2 heterocycles. The Morgan fingerprint density at radius 1 is 1.04 bits per heavy atom. The van der Waals surface area contributed by atoms with Gasteiger partial charge in [0.05, 0.1) is 0 Å². The summed E-state index contributed by atoms with van der Waals surface area (Å²) in [5.41, 5.74) is 0.0775. The number of anilines is 2. The van der Waals surface area contributed by atoms with Crippen molar-refractivity contribution in [3.63, 3.8) is 0 Å². The average molecular weight is 368 g/mol. The van der Waals surface area contributed by atoms with Crippen LogP contribution in [-0.2, 0) is 12.6 Å². The van der Waals surface area contributed by atoms with E-state index >= 15 is 0 Å².